The van der Waals surface area contributed by atoms with Gasteiger partial charge in [-0.1, -0.05) is 30.3 Å². The maximum atomic E-state index is 12.6. The van der Waals surface area contributed by atoms with Gasteiger partial charge in [0.25, 0.3) is 0 Å². The first kappa shape index (κ1) is 31.3. The van der Waals surface area contributed by atoms with Gasteiger partial charge >= 0.3 is 12.1 Å². The molecule has 11 heteroatoms. The zero-order valence-electron chi connectivity index (χ0n) is 26.5. The number of carbonyl (C=O) groups excluding carboxylic acids is 2. The number of hydrogen-bond acceptors (Lipinski definition) is 6. The molecule has 5 rings (SSSR count). The first-order valence-corrected chi connectivity index (χ1v) is 14.7. The van der Waals surface area contributed by atoms with E-state index >= 15 is 0 Å². The Bertz CT molecular complexity index is 1820. The summed E-state index contributed by atoms with van der Waals surface area (Å²) in [5, 5.41) is 18.4. The Morgan fingerprint density at radius 3 is 2.44 bits per heavy atom. The summed E-state index contributed by atoms with van der Waals surface area (Å²) in [7, 11) is 5.09. The first-order valence-electron chi connectivity index (χ1n) is 14.7. The molecule has 5 aromatic rings. The summed E-state index contributed by atoms with van der Waals surface area (Å²) in [4.78, 5) is 35.8. The third-order valence-electron chi connectivity index (χ3n) is 7.19. The van der Waals surface area contributed by atoms with E-state index in [9.17, 15) is 14.7 Å². The molecule has 0 bridgehead atoms. The Morgan fingerprint density at radius 2 is 1.76 bits per heavy atom. The molecular formula is C34H39N7O4. The number of H-pyrrole nitrogens is 1. The number of nitrogens with one attached hydrogen (secondary N) is 2. The van der Waals surface area contributed by atoms with Gasteiger partial charge in [0.1, 0.15) is 16.9 Å². The number of rotatable bonds is 8. The van der Waals surface area contributed by atoms with Crippen LogP contribution in [-0.4, -0.2) is 80.1 Å². The van der Waals surface area contributed by atoms with Gasteiger partial charge < -0.3 is 29.9 Å². The van der Waals surface area contributed by atoms with E-state index < -0.39 is 11.7 Å². The molecule has 3 N–H and O–H groups in total. The van der Waals surface area contributed by atoms with Crippen LogP contribution in [0.4, 0.5) is 15.3 Å². The molecular weight excluding hydrogens is 570 g/mol. The SMILES string of the molecule is CN(C)C(=O)Nc1ccc(-c2nn(CCN(C)C(=O)OC(C)(C)C)cc2-c2ccnc3[nH]c(-c4cccc(CO)c4)cc23)cc1. The van der Waals surface area contributed by atoms with Gasteiger partial charge in [-0.3, -0.25) is 4.68 Å². The first-order chi connectivity index (χ1) is 21.4. The largest absolute Gasteiger partial charge is 0.444 e. The smallest absolute Gasteiger partial charge is 0.410 e. The van der Waals surface area contributed by atoms with Crippen LogP contribution in [-0.2, 0) is 17.9 Å². The third-order valence-corrected chi connectivity index (χ3v) is 7.19. The molecule has 0 saturated carbocycles. The highest BCUT2D eigenvalue weighted by Crippen LogP contribution is 2.37. The van der Waals surface area contributed by atoms with Crippen molar-refractivity contribution in [2.24, 2.45) is 0 Å². The van der Waals surface area contributed by atoms with Gasteiger partial charge in [-0.05, 0) is 67.8 Å². The van der Waals surface area contributed by atoms with Crippen LogP contribution < -0.4 is 5.32 Å². The molecule has 11 nitrogen and oxygen atoms in total. The van der Waals surface area contributed by atoms with Gasteiger partial charge in [-0.25, -0.2) is 14.6 Å². The van der Waals surface area contributed by atoms with Crippen molar-refractivity contribution in [3.05, 3.63) is 78.6 Å². The van der Waals surface area contributed by atoms with Gasteiger partial charge in [0, 0.05) is 68.0 Å². The van der Waals surface area contributed by atoms with Crippen molar-refractivity contribution in [3.63, 3.8) is 0 Å². The van der Waals surface area contributed by atoms with Gasteiger partial charge in [-0.15, -0.1) is 0 Å². The number of pyridine rings is 1. The number of aliphatic hydroxyl groups is 1. The summed E-state index contributed by atoms with van der Waals surface area (Å²) >= 11 is 0. The van der Waals surface area contributed by atoms with E-state index in [1.54, 1.807) is 27.3 Å². The number of anilines is 1. The van der Waals surface area contributed by atoms with Crippen LogP contribution in [0.25, 0.3) is 44.7 Å². The normalized spacial score (nSPS) is 11.4. The third kappa shape index (κ3) is 7.32. The average molecular weight is 610 g/mol. The summed E-state index contributed by atoms with van der Waals surface area (Å²) in [5.41, 5.74) is 6.90. The predicted molar refractivity (Wildman–Crippen MR) is 176 cm³/mol. The number of likely N-dealkylation sites (N-methyl/N-ethyl adjacent to an activating group) is 1. The lowest BCUT2D eigenvalue weighted by Gasteiger charge is -2.24. The number of urea groups is 1. The number of hydrogen-bond donors (Lipinski definition) is 3. The molecule has 0 fully saturated rings. The molecule has 45 heavy (non-hydrogen) atoms. The number of aromatic amines is 1. The molecule has 0 aliphatic carbocycles. The molecule has 0 saturated heterocycles. The summed E-state index contributed by atoms with van der Waals surface area (Å²) in [6.45, 7) is 6.32. The highest BCUT2D eigenvalue weighted by atomic mass is 16.6. The van der Waals surface area contributed by atoms with Crippen LogP contribution in [0, 0.1) is 0 Å². The number of ether oxygens (including phenoxy) is 1. The van der Waals surface area contributed by atoms with E-state index in [1.165, 1.54) is 9.80 Å². The van der Waals surface area contributed by atoms with E-state index in [2.05, 4.69) is 21.4 Å². The maximum Gasteiger partial charge on any atom is 0.410 e. The minimum atomic E-state index is -0.586. The number of amides is 3. The van der Waals surface area contributed by atoms with Gasteiger partial charge in [0.15, 0.2) is 0 Å². The molecule has 3 aromatic heterocycles. The summed E-state index contributed by atoms with van der Waals surface area (Å²) in [6, 6.07) is 19.1. The zero-order chi connectivity index (χ0) is 32.3. The second-order valence-corrected chi connectivity index (χ2v) is 12.1. The van der Waals surface area contributed by atoms with Crippen molar-refractivity contribution >= 4 is 28.8 Å². The number of aromatic nitrogens is 4. The van der Waals surface area contributed by atoms with Crippen LogP contribution >= 0.6 is 0 Å². The van der Waals surface area contributed by atoms with Crippen molar-refractivity contribution < 1.29 is 19.4 Å². The minimum Gasteiger partial charge on any atom is -0.444 e. The zero-order valence-corrected chi connectivity index (χ0v) is 26.5. The van der Waals surface area contributed by atoms with Crippen LogP contribution in [0.2, 0.25) is 0 Å². The molecule has 0 atom stereocenters. The van der Waals surface area contributed by atoms with Crippen LogP contribution in [0.5, 0.6) is 0 Å². The van der Waals surface area contributed by atoms with Crippen molar-refractivity contribution in [1.82, 2.24) is 29.5 Å². The molecule has 0 unspecified atom stereocenters. The highest BCUT2D eigenvalue weighted by Gasteiger charge is 2.21. The summed E-state index contributed by atoms with van der Waals surface area (Å²) in [6.07, 6.45) is 3.35. The van der Waals surface area contributed by atoms with Crippen molar-refractivity contribution in [3.8, 4) is 33.6 Å². The van der Waals surface area contributed by atoms with Gasteiger partial charge in [0.2, 0.25) is 0 Å². The van der Waals surface area contributed by atoms with Crippen LogP contribution in [0.3, 0.4) is 0 Å². The van der Waals surface area contributed by atoms with E-state index in [1.807, 2.05) is 86.2 Å². The number of benzene rings is 2. The predicted octanol–water partition coefficient (Wildman–Crippen LogP) is 6.21. The Morgan fingerprint density at radius 1 is 1.00 bits per heavy atom. The summed E-state index contributed by atoms with van der Waals surface area (Å²) < 4.78 is 7.34. The van der Waals surface area contributed by atoms with Crippen molar-refractivity contribution in [2.75, 3.05) is 33.0 Å². The molecule has 0 aliphatic heterocycles. The molecule has 3 heterocycles. The van der Waals surface area contributed by atoms with E-state index in [4.69, 9.17) is 9.84 Å². The second-order valence-electron chi connectivity index (χ2n) is 12.1. The fourth-order valence-corrected chi connectivity index (χ4v) is 4.83. The van der Waals surface area contributed by atoms with Crippen molar-refractivity contribution in [1.29, 1.82) is 0 Å². The monoisotopic (exact) mass is 609 g/mol. The Labute approximate surface area is 262 Å². The average Bonchev–Trinajstić information content (AvgIpc) is 3.64. The molecule has 0 radical (unpaired) electrons. The van der Waals surface area contributed by atoms with E-state index in [-0.39, 0.29) is 12.6 Å². The lowest BCUT2D eigenvalue weighted by atomic mass is 10.00. The fraction of sp³-hybridized carbons (Fsp3) is 0.294. The van der Waals surface area contributed by atoms with Gasteiger partial charge in [0.05, 0.1) is 13.2 Å². The minimum absolute atomic E-state index is 0.0408. The molecule has 0 aliphatic rings. The maximum absolute atomic E-state index is 12.6. The van der Waals surface area contributed by atoms with Crippen LogP contribution in [0.1, 0.15) is 26.3 Å². The topological polar surface area (TPSA) is 129 Å². The molecule has 3 amide bonds. The Hall–Kier alpha value is -5.16. The Balaban J connectivity index is 1.53. The molecule has 2 aromatic carbocycles. The molecule has 234 valence electrons. The van der Waals surface area contributed by atoms with Gasteiger partial charge in [-0.2, -0.15) is 5.10 Å². The highest BCUT2D eigenvalue weighted by molar-refractivity contribution is 5.99. The second kappa shape index (κ2) is 12.8. The number of nitrogens with zero attached hydrogens (tertiary/aromatic N) is 5. The van der Waals surface area contributed by atoms with Crippen LogP contribution in [0.15, 0.2) is 73.1 Å². The number of carbonyl (C=O) groups is 2. The van der Waals surface area contributed by atoms with E-state index in [0.717, 1.165) is 50.2 Å². The lowest BCUT2D eigenvalue weighted by molar-refractivity contribution is 0.0292. The molecule has 0 spiro atoms. The Kier molecular flexibility index (Phi) is 8.92. The number of aliphatic hydroxyl groups excluding tert-OH is 1. The van der Waals surface area contributed by atoms with E-state index in [0.29, 0.717) is 18.8 Å². The fourth-order valence-electron chi connectivity index (χ4n) is 4.83. The lowest BCUT2D eigenvalue weighted by Crippen LogP contribution is -2.36. The summed E-state index contributed by atoms with van der Waals surface area (Å²) in [5.74, 6) is 0. The standard InChI is InChI=1S/C34H39N7O4/c1-34(2,3)45-33(44)40(6)16-17-41-20-28(30(38-41)23-10-12-25(13-11-23)36-32(43)39(4)5)26-14-15-35-31-27(26)19-29(37-31)24-9-7-8-22(18-24)21-42/h7-15,18-20,42H,16-17,21H2,1-6H3,(H,35,37)(H,36,43). The van der Waals surface area contributed by atoms with Crippen molar-refractivity contribution in [2.45, 2.75) is 39.5 Å². The number of fused-ring (bicyclic) bond motifs is 1. The quantitative estimate of drug-likeness (QED) is 0.192.